The maximum absolute atomic E-state index is 9.24. The third kappa shape index (κ3) is 3.58. The van der Waals surface area contributed by atoms with Gasteiger partial charge in [-0.05, 0) is 38.0 Å². The minimum absolute atomic E-state index is 0.262. The SMILES string of the molecule is CC(O)CCCNc1c(N)cnc2ccc(Br)cc12. The molecule has 0 amide bonds. The van der Waals surface area contributed by atoms with Crippen LogP contribution >= 0.6 is 15.9 Å². The number of nitrogens with zero attached hydrogens (tertiary/aromatic N) is 1. The Morgan fingerprint density at radius 2 is 2.26 bits per heavy atom. The maximum atomic E-state index is 9.24. The quantitative estimate of drug-likeness (QED) is 0.739. The smallest absolute Gasteiger partial charge is 0.0743 e. The van der Waals surface area contributed by atoms with Crippen molar-refractivity contribution in [2.24, 2.45) is 0 Å². The lowest BCUT2D eigenvalue weighted by Gasteiger charge is -2.13. The monoisotopic (exact) mass is 323 g/mol. The van der Waals surface area contributed by atoms with Crippen LogP contribution in [0.15, 0.2) is 28.9 Å². The highest BCUT2D eigenvalue weighted by atomic mass is 79.9. The van der Waals surface area contributed by atoms with Crippen LogP contribution in [-0.4, -0.2) is 22.7 Å². The predicted octanol–water partition coefficient (Wildman–Crippen LogP) is 3.15. The summed E-state index contributed by atoms with van der Waals surface area (Å²) in [5.74, 6) is 0. The number of aromatic nitrogens is 1. The van der Waals surface area contributed by atoms with Crippen molar-refractivity contribution < 1.29 is 5.11 Å². The minimum atomic E-state index is -0.262. The Morgan fingerprint density at radius 3 is 3.00 bits per heavy atom. The Kier molecular flexibility index (Phi) is 4.61. The van der Waals surface area contributed by atoms with E-state index in [1.807, 2.05) is 18.2 Å². The fourth-order valence-electron chi connectivity index (χ4n) is 1.99. The summed E-state index contributed by atoms with van der Waals surface area (Å²) in [6.07, 6.45) is 3.09. The molecule has 2 rings (SSSR count). The standard InChI is InChI=1S/C14H18BrN3O/c1-9(19)3-2-6-17-14-11-7-10(15)4-5-13(11)18-8-12(14)16/h4-5,7-9,19H,2-3,6,16H2,1H3,(H,17,18). The molecule has 0 spiro atoms. The number of anilines is 2. The normalized spacial score (nSPS) is 12.6. The second-order valence-corrected chi connectivity index (χ2v) is 5.58. The van der Waals surface area contributed by atoms with Gasteiger partial charge < -0.3 is 16.2 Å². The molecule has 102 valence electrons. The molecular weight excluding hydrogens is 306 g/mol. The molecule has 1 unspecified atom stereocenters. The van der Waals surface area contributed by atoms with E-state index in [0.717, 1.165) is 40.4 Å². The number of nitrogens with one attached hydrogen (secondary N) is 1. The first kappa shape index (κ1) is 14.1. The molecule has 0 aliphatic carbocycles. The summed E-state index contributed by atoms with van der Waals surface area (Å²) in [6.45, 7) is 2.58. The summed E-state index contributed by atoms with van der Waals surface area (Å²) in [6, 6.07) is 5.93. The van der Waals surface area contributed by atoms with E-state index in [-0.39, 0.29) is 6.10 Å². The minimum Gasteiger partial charge on any atom is -0.396 e. The number of pyridine rings is 1. The number of fused-ring (bicyclic) bond motifs is 1. The van der Waals surface area contributed by atoms with Crippen LogP contribution in [0.25, 0.3) is 10.9 Å². The average molecular weight is 324 g/mol. The molecule has 0 bridgehead atoms. The van der Waals surface area contributed by atoms with Crippen molar-refractivity contribution in [3.63, 3.8) is 0 Å². The molecule has 1 atom stereocenters. The van der Waals surface area contributed by atoms with E-state index in [4.69, 9.17) is 5.73 Å². The molecule has 1 aromatic heterocycles. The summed E-state index contributed by atoms with van der Waals surface area (Å²) >= 11 is 3.46. The number of halogens is 1. The van der Waals surface area contributed by atoms with Crippen LogP contribution in [0.4, 0.5) is 11.4 Å². The van der Waals surface area contributed by atoms with Gasteiger partial charge in [-0.25, -0.2) is 0 Å². The molecule has 0 aliphatic rings. The Bertz CT molecular complexity index is 567. The molecule has 0 aliphatic heterocycles. The zero-order valence-electron chi connectivity index (χ0n) is 10.9. The van der Waals surface area contributed by atoms with Crippen molar-refractivity contribution >= 4 is 38.2 Å². The van der Waals surface area contributed by atoms with Crippen LogP contribution in [0.3, 0.4) is 0 Å². The van der Waals surface area contributed by atoms with Gasteiger partial charge in [-0.15, -0.1) is 0 Å². The van der Waals surface area contributed by atoms with Crippen molar-refractivity contribution in [2.45, 2.75) is 25.9 Å². The number of hydrogen-bond acceptors (Lipinski definition) is 4. The molecule has 1 aromatic carbocycles. The van der Waals surface area contributed by atoms with Gasteiger partial charge in [-0.2, -0.15) is 0 Å². The number of nitrogens with two attached hydrogens (primary N) is 1. The van der Waals surface area contributed by atoms with Gasteiger partial charge in [0.1, 0.15) is 0 Å². The van der Waals surface area contributed by atoms with Crippen molar-refractivity contribution in [3.8, 4) is 0 Å². The number of nitrogen functional groups attached to an aromatic ring is 1. The van der Waals surface area contributed by atoms with Crippen molar-refractivity contribution in [3.05, 3.63) is 28.9 Å². The van der Waals surface area contributed by atoms with Crippen LogP contribution in [-0.2, 0) is 0 Å². The molecule has 0 saturated heterocycles. The van der Waals surface area contributed by atoms with E-state index < -0.39 is 0 Å². The molecule has 0 radical (unpaired) electrons. The lowest BCUT2D eigenvalue weighted by Crippen LogP contribution is -2.08. The number of hydrogen-bond donors (Lipinski definition) is 3. The van der Waals surface area contributed by atoms with E-state index >= 15 is 0 Å². The van der Waals surface area contributed by atoms with Gasteiger partial charge in [0.2, 0.25) is 0 Å². The highest BCUT2D eigenvalue weighted by molar-refractivity contribution is 9.10. The molecule has 0 fully saturated rings. The number of benzene rings is 1. The number of aliphatic hydroxyl groups is 1. The Hall–Kier alpha value is -1.33. The number of rotatable bonds is 5. The molecule has 5 heteroatoms. The molecule has 4 nitrogen and oxygen atoms in total. The van der Waals surface area contributed by atoms with Gasteiger partial charge in [0, 0.05) is 16.4 Å². The topological polar surface area (TPSA) is 71.2 Å². The molecule has 4 N–H and O–H groups in total. The first-order chi connectivity index (χ1) is 9.08. The Morgan fingerprint density at radius 1 is 1.47 bits per heavy atom. The van der Waals surface area contributed by atoms with Gasteiger partial charge >= 0.3 is 0 Å². The summed E-state index contributed by atoms with van der Waals surface area (Å²) in [5, 5.41) is 13.6. The van der Waals surface area contributed by atoms with Gasteiger partial charge in [-0.1, -0.05) is 15.9 Å². The number of aliphatic hydroxyl groups excluding tert-OH is 1. The molecule has 2 aromatic rings. The van der Waals surface area contributed by atoms with E-state index in [0.29, 0.717) is 5.69 Å². The first-order valence-electron chi connectivity index (χ1n) is 6.33. The van der Waals surface area contributed by atoms with E-state index in [9.17, 15) is 5.11 Å². The highest BCUT2D eigenvalue weighted by Gasteiger charge is 2.07. The van der Waals surface area contributed by atoms with Crippen molar-refractivity contribution in [1.82, 2.24) is 4.98 Å². The fraction of sp³-hybridized carbons (Fsp3) is 0.357. The van der Waals surface area contributed by atoms with Crippen molar-refractivity contribution in [1.29, 1.82) is 0 Å². The maximum Gasteiger partial charge on any atom is 0.0743 e. The van der Waals surface area contributed by atoms with E-state index in [2.05, 4.69) is 26.2 Å². The van der Waals surface area contributed by atoms with Crippen LogP contribution < -0.4 is 11.1 Å². The summed E-state index contributed by atoms with van der Waals surface area (Å²) in [4.78, 5) is 4.31. The molecule has 1 heterocycles. The van der Waals surface area contributed by atoms with Gasteiger partial charge in [0.25, 0.3) is 0 Å². The van der Waals surface area contributed by atoms with E-state index in [1.54, 1.807) is 13.1 Å². The zero-order chi connectivity index (χ0) is 13.8. The lowest BCUT2D eigenvalue weighted by molar-refractivity contribution is 0.183. The molecule has 0 saturated carbocycles. The Labute approximate surface area is 121 Å². The third-order valence-electron chi connectivity index (χ3n) is 2.96. The van der Waals surface area contributed by atoms with Crippen LogP contribution in [0.1, 0.15) is 19.8 Å². The molecular formula is C14H18BrN3O. The predicted molar refractivity (Wildman–Crippen MR) is 83.3 cm³/mol. The highest BCUT2D eigenvalue weighted by Crippen LogP contribution is 2.30. The van der Waals surface area contributed by atoms with Gasteiger partial charge in [-0.3, -0.25) is 4.98 Å². The summed E-state index contributed by atoms with van der Waals surface area (Å²) in [5.41, 5.74) is 8.46. The summed E-state index contributed by atoms with van der Waals surface area (Å²) < 4.78 is 0.999. The first-order valence-corrected chi connectivity index (χ1v) is 7.13. The van der Waals surface area contributed by atoms with Gasteiger partial charge in [0.05, 0.1) is 29.2 Å². The second kappa shape index (κ2) is 6.21. The fourth-order valence-corrected chi connectivity index (χ4v) is 2.35. The summed E-state index contributed by atoms with van der Waals surface area (Å²) in [7, 11) is 0. The second-order valence-electron chi connectivity index (χ2n) is 4.67. The van der Waals surface area contributed by atoms with Crippen LogP contribution in [0.2, 0.25) is 0 Å². The van der Waals surface area contributed by atoms with Crippen molar-refractivity contribution in [2.75, 3.05) is 17.6 Å². The van der Waals surface area contributed by atoms with Crippen LogP contribution in [0.5, 0.6) is 0 Å². The Balaban J connectivity index is 2.20. The third-order valence-corrected chi connectivity index (χ3v) is 3.45. The largest absolute Gasteiger partial charge is 0.396 e. The zero-order valence-corrected chi connectivity index (χ0v) is 12.4. The average Bonchev–Trinajstić information content (AvgIpc) is 2.36. The van der Waals surface area contributed by atoms with E-state index in [1.165, 1.54) is 0 Å². The molecule has 19 heavy (non-hydrogen) atoms. The lowest BCUT2D eigenvalue weighted by atomic mass is 10.1. The van der Waals surface area contributed by atoms with Crippen LogP contribution in [0, 0.1) is 0 Å². The van der Waals surface area contributed by atoms with Gasteiger partial charge in [0.15, 0.2) is 0 Å².